The Kier molecular flexibility index (Phi) is 18.9. The molecule has 1 aromatic carbocycles. The molecule has 1 aliphatic rings. The van der Waals surface area contributed by atoms with Crippen LogP contribution in [0.15, 0.2) is 30.9 Å². The topological polar surface area (TPSA) is 55.6 Å². The Balaban J connectivity index is 0.000000739. The number of carbonyl (C=O) groups excluding carboxylic acids is 1. The highest BCUT2D eigenvalue weighted by Gasteiger charge is 2.13. The molecule has 2 N–H and O–H groups in total. The van der Waals surface area contributed by atoms with E-state index in [4.69, 9.17) is 9.53 Å². The molecule has 0 aliphatic carbocycles. The number of nitrogens with two attached hydrogens (primary N) is 1. The van der Waals surface area contributed by atoms with Gasteiger partial charge in [-0.2, -0.15) is 0 Å². The number of amides is 1. The van der Waals surface area contributed by atoms with Gasteiger partial charge in [-0.3, -0.25) is 4.79 Å². The summed E-state index contributed by atoms with van der Waals surface area (Å²) in [6.07, 6.45) is 15.2. The van der Waals surface area contributed by atoms with Crippen LogP contribution in [0.1, 0.15) is 82.8 Å². The molecule has 1 heterocycles. The number of rotatable bonds is 12. The van der Waals surface area contributed by atoms with Crippen LogP contribution < -0.4 is 10.5 Å². The number of likely N-dealkylation sites (tertiary alicyclic amines) is 1. The molecule has 0 saturated carbocycles. The fourth-order valence-electron chi connectivity index (χ4n) is 3.65. The molecule has 1 atom stereocenters. The first-order valence-electron chi connectivity index (χ1n) is 12.2. The van der Waals surface area contributed by atoms with E-state index in [1.165, 1.54) is 82.0 Å². The van der Waals surface area contributed by atoms with Gasteiger partial charge in [-0.1, -0.05) is 70.6 Å². The molecule has 178 valence electrons. The lowest BCUT2D eigenvalue weighted by Gasteiger charge is -2.10. The first-order chi connectivity index (χ1) is 15.0. The normalized spacial score (nSPS) is 15.3. The number of nitrogens with zero attached hydrogens (tertiary/aromatic N) is 1. The fraction of sp³-hybridized carbons (Fsp3) is 0.667. The highest BCUT2D eigenvalue weighted by Crippen LogP contribution is 2.21. The van der Waals surface area contributed by atoms with Gasteiger partial charge in [0.15, 0.2) is 0 Å². The van der Waals surface area contributed by atoms with E-state index in [-0.39, 0.29) is 6.41 Å². The highest BCUT2D eigenvalue weighted by molar-refractivity contribution is 5.42. The molecule has 0 bridgehead atoms. The van der Waals surface area contributed by atoms with Gasteiger partial charge in [-0.15, -0.1) is 6.58 Å². The van der Waals surface area contributed by atoms with Crippen molar-refractivity contribution >= 4 is 6.41 Å². The predicted octanol–water partition coefficient (Wildman–Crippen LogP) is 6.30. The first kappa shape index (κ1) is 29.2. The summed E-state index contributed by atoms with van der Waals surface area (Å²) in [6, 6.07) is 6.64. The Bertz CT molecular complexity index is 566. The third-order valence-corrected chi connectivity index (χ3v) is 5.53. The number of benzene rings is 1. The van der Waals surface area contributed by atoms with E-state index < -0.39 is 0 Å². The second kappa shape index (κ2) is 20.1. The van der Waals surface area contributed by atoms with E-state index >= 15 is 0 Å². The standard InChI is InChI=1S/C20H32O.C6H13N.CH3NO/c1-4-6-8-9-10-11-12-13-19-15-14-18(3)20(17-19)21-16-7-5-2;1-6-3-4-7(2)5-6;2-1-3/h5,14-15,17H,2,4,6-13,16H2,1,3H3;6H,3-5H2,1-2H3;1H,(H2,2,3). The van der Waals surface area contributed by atoms with E-state index in [1.54, 1.807) is 0 Å². The predicted molar refractivity (Wildman–Crippen MR) is 135 cm³/mol. The number of hydrogen-bond donors (Lipinski definition) is 1. The third kappa shape index (κ3) is 16.5. The smallest absolute Gasteiger partial charge is 0.204 e. The Morgan fingerprint density at radius 1 is 1.19 bits per heavy atom. The summed E-state index contributed by atoms with van der Waals surface area (Å²) in [5, 5.41) is 0. The largest absolute Gasteiger partial charge is 0.493 e. The summed E-state index contributed by atoms with van der Waals surface area (Å²) in [5.74, 6) is 1.99. The van der Waals surface area contributed by atoms with Crippen molar-refractivity contribution in [2.75, 3.05) is 26.7 Å². The second-order valence-electron chi connectivity index (χ2n) is 8.69. The van der Waals surface area contributed by atoms with Crippen LogP contribution in [-0.4, -0.2) is 38.1 Å². The summed E-state index contributed by atoms with van der Waals surface area (Å²) in [6.45, 7) is 13.8. The Labute approximate surface area is 192 Å². The van der Waals surface area contributed by atoms with Crippen molar-refractivity contribution in [2.45, 2.75) is 85.0 Å². The van der Waals surface area contributed by atoms with Crippen LogP contribution in [0.4, 0.5) is 0 Å². The number of ether oxygens (including phenoxy) is 1. The zero-order valence-corrected chi connectivity index (χ0v) is 20.7. The molecule has 1 aliphatic heterocycles. The van der Waals surface area contributed by atoms with Crippen LogP contribution in [0.3, 0.4) is 0 Å². The molecule has 4 nitrogen and oxygen atoms in total. The van der Waals surface area contributed by atoms with E-state index in [9.17, 15) is 0 Å². The average Bonchev–Trinajstić information content (AvgIpc) is 3.13. The van der Waals surface area contributed by atoms with Crippen molar-refractivity contribution < 1.29 is 9.53 Å². The summed E-state index contributed by atoms with van der Waals surface area (Å²) >= 11 is 0. The second-order valence-corrected chi connectivity index (χ2v) is 8.69. The SMILES string of the molecule is C=CCCOc1cc(CCCCCCCCC)ccc1C.CC1CCN(C)C1.NC=O. The number of unbranched alkanes of at least 4 members (excludes halogenated alkanes) is 6. The van der Waals surface area contributed by atoms with Crippen LogP contribution in [-0.2, 0) is 11.2 Å². The fourth-order valence-corrected chi connectivity index (χ4v) is 3.65. The van der Waals surface area contributed by atoms with Crippen LogP contribution >= 0.6 is 0 Å². The van der Waals surface area contributed by atoms with Crippen molar-refractivity contribution in [1.29, 1.82) is 0 Å². The van der Waals surface area contributed by atoms with Crippen LogP contribution in [0.2, 0.25) is 0 Å². The lowest BCUT2D eigenvalue weighted by atomic mass is 10.0. The van der Waals surface area contributed by atoms with Gasteiger partial charge >= 0.3 is 0 Å². The molecular weight excluding hydrogens is 384 g/mol. The number of primary amides is 1. The van der Waals surface area contributed by atoms with Gasteiger partial charge < -0.3 is 15.4 Å². The minimum Gasteiger partial charge on any atom is -0.493 e. The number of hydrogen-bond acceptors (Lipinski definition) is 3. The molecular formula is C27H48N2O2. The Hall–Kier alpha value is -1.81. The Morgan fingerprint density at radius 3 is 2.35 bits per heavy atom. The molecule has 0 aromatic heterocycles. The molecule has 1 saturated heterocycles. The van der Waals surface area contributed by atoms with Gasteiger partial charge in [0.2, 0.25) is 6.41 Å². The molecule has 1 unspecified atom stereocenters. The van der Waals surface area contributed by atoms with Gasteiger partial charge in [0.25, 0.3) is 0 Å². The third-order valence-electron chi connectivity index (χ3n) is 5.53. The van der Waals surface area contributed by atoms with E-state index in [0.29, 0.717) is 0 Å². The summed E-state index contributed by atoms with van der Waals surface area (Å²) in [5.41, 5.74) is 6.80. The molecule has 1 fully saturated rings. The minimum absolute atomic E-state index is 0.250. The van der Waals surface area contributed by atoms with Crippen LogP contribution in [0.25, 0.3) is 0 Å². The minimum atomic E-state index is 0.250. The van der Waals surface area contributed by atoms with Gasteiger partial charge in [0.05, 0.1) is 6.61 Å². The summed E-state index contributed by atoms with van der Waals surface area (Å²) < 4.78 is 5.82. The molecule has 0 spiro atoms. The van der Waals surface area contributed by atoms with Crippen LogP contribution in [0, 0.1) is 12.8 Å². The van der Waals surface area contributed by atoms with Crippen LogP contribution in [0.5, 0.6) is 5.75 Å². The molecule has 0 radical (unpaired) electrons. The lowest BCUT2D eigenvalue weighted by Crippen LogP contribution is -2.12. The highest BCUT2D eigenvalue weighted by atomic mass is 16.5. The lowest BCUT2D eigenvalue weighted by molar-refractivity contribution is -0.106. The quantitative estimate of drug-likeness (QED) is 0.239. The van der Waals surface area contributed by atoms with Gasteiger partial charge in [0.1, 0.15) is 5.75 Å². The maximum atomic E-state index is 8.58. The van der Waals surface area contributed by atoms with Crippen molar-refractivity contribution in [2.24, 2.45) is 11.7 Å². The Morgan fingerprint density at radius 2 is 1.84 bits per heavy atom. The van der Waals surface area contributed by atoms with Crippen molar-refractivity contribution in [3.63, 3.8) is 0 Å². The maximum absolute atomic E-state index is 8.58. The van der Waals surface area contributed by atoms with Gasteiger partial charge in [-0.25, -0.2) is 0 Å². The van der Waals surface area contributed by atoms with E-state index in [1.807, 2.05) is 6.08 Å². The maximum Gasteiger partial charge on any atom is 0.204 e. The van der Waals surface area contributed by atoms with E-state index in [2.05, 4.69) is 63.2 Å². The molecule has 1 amide bonds. The van der Waals surface area contributed by atoms with Gasteiger partial charge in [0, 0.05) is 6.54 Å². The zero-order chi connectivity index (χ0) is 23.3. The van der Waals surface area contributed by atoms with Crippen molar-refractivity contribution in [3.8, 4) is 5.75 Å². The summed E-state index contributed by atoms with van der Waals surface area (Å²) in [4.78, 5) is 11.0. The monoisotopic (exact) mass is 432 g/mol. The number of carbonyl (C=O) groups is 1. The summed E-state index contributed by atoms with van der Waals surface area (Å²) in [7, 11) is 2.18. The molecule has 1 aromatic rings. The molecule has 2 rings (SSSR count). The zero-order valence-electron chi connectivity index (χ0n) is 20.7. The first-order valence-corrected chi connectivity index (χ1v) is 12.2. The van der Waals surface area contributed by atoms with Crippen molar-refractivity contribution in [3.05, 3.63) is 42.0 Å². The van der Waals surface area contributed by atoms with Gasteiger partial charge in [-0.05, 0) is 69.3 Å². The number of aryl methyl sites for hydroxylation is 2. The van der Waals surface area contributed by atoms with Crippen molar-refractivity contribution in [1.82, 2.24) is 4.90 Å². The molecule has 31 heavy (non-hydrogen) atoms. The molecule has 4 heteroatoms. The average molecular weight is 433 g/mol. The van der Waals surface area contributed by atoms with E-state index in [0.717, 1.165) is 24.7 Å².